The number of nitrogens with one attached hydrogen (secondary N) is 4. The van der Waals surface area contributed by atoms with Crippen molar-refractivity contribution in [3.63, 3.8) is 0 Å². The summed E-state index contributed by atoms with van der Waals surface area (Å²) in [7, 11) is 0. The van der Waals surface area contributed by atoms with Crippen LogP contribution in [0.1, 0.15) is 45.1 Å². The number of hydrogen-bond donors (Lipinski definition) is 5. The van der Waals surface area contributed by atoms with E-state index < -0.39 is 35.9 Å². The average molecular weight is 507 g/mol. The fraction of sp³-hybridized carbons (Fsp3) is 0.600. The Hall–Kier alpha value is -2.59. The van der Waals surface area contributed by atoms with Crippen molar-refractivity contribution in [2.45, 2.75) is 70.1 Å². The molecular formula is C25H38N4O5S. The molecule has 1 aromatic carbocycles. The van der Waals surface area contributed by atoms with Gasteiger partial charge in [0.1, 0.15) is 18.1 Å². The lowest BCUT2D eigenvalue weighted by atomic mass is 9.97. The predicted molar refractivity (Wildman–Crippen MR) is 137 cm³/mol. The smallest absolute Gasteiger partial charge is 0.326 e. The lowest BCUT2D eigenvalue weighted by Crippen LogP contribution is -2.58. The molecule has 0 radical (unpaired) electrons. The zero-order valence-corrected chi connectivity index (χ0v) is 21.5. The molecule has 5 unspecified atom stereocenters. The monoisotopic (exact) mass is 506 g/mol. The van der Waals surface area contributed by atoms with Gasteiger partial charge in [-0.15, -0.1) is 0 Å². The molecule has 9 nitrogen and oxygen atoms in total. The fourth-order valence-corrected chi connectivity index (χ4v) is 4.42. The molecule has 3 amide bonds. The number of rotatable bonds is 14. The Morgan fingerprint density at radius 2 is 1.77 bits per heavy atom. The number of thioether (sulfide) groups is 1. The van der Waals surface area contributed by atoms with Crippen LogP contribution in [0.25, 0.3) is 0 Å². The van der Waals surface area contributed by atoms with Gasteiger partial charge in [-0.05, 0) is 49.3 Å². The molecule has 35 heavy (non-hydrogen) atoms. The number of hydrogen-bond acceptors (Lipinski definition) is 6. The average Bonchev–Trinajstić information content (AvgIpc) is 3.39. The van der Waals surface area contributed by atoms with E-state index in [4.69, 9.17) is 0 Å². The van der Waals surface area contributed by atoms with Gasteiger partial charge in [-0.2, -0.15) is 11.8 Å². The van der Waals surface area contributed by atoms with Crippen molar-refractivity contribution in [1.82, 2.24) is 21.3 Å². The van der Waals surface area contributed by atoms with Gasteiger partial charge in [0, 0.05) is 6.42 Å². The Morgan fingerprint density at radius 3 is 2.34 bits per heavy atom. The Balaban J connectivity index is 2.10. The Labute approximate surface area is 211 Å². The van der Waals surface area contributed by atoms with E-state index in [1.165, 1.54) is 11.8 Å². The molecule has 0 aromatic heterocycles. The quantitative estimate of drug-likeness (QED) is 0.257. The molecule has 1 aliphatic heterocycles. The second kappa shape index (κ2) is 14.7. The minimum atomic E-state index is -1.15. The predicted octanol–water partition coefficient (Wildman–Crippen LogP) is 1.32. The zero-order valence-electron chi connectivity index (χ0n) is 20.7. The fourth-order valence-electron chi connectivity index (χ4n) is 3.95. The van der Waals surface area contributed by atoms with Crippen molar-refractivity contribution in [3.8, 4) is 0 Å². The highest BCUT2D eigenvalue weighted by atomic mass is 32.2. The maximum absolute atomic E-state index is 13.2. The molecular weight excluding hydrogens is 468 g/mol. The van der Waals surface area contributed by atoms with Crippen LogP contribution in [0.15, 0.2) is 30.3 Å². The standard InChI is InChI=1S/C25H38N4O5S/c1-4-16(2)21(29-22(30)18-11-8-13-26-18)24(32)27-19(12-14-35-3)23(31)28-20(25(33)34)15-17-9-6-5-7-10-17/h5-7,9-10,16,18-21,26H,4,8,11-15H2,1-3H3,(H,27,32)(H,28,31)(H,29,30)(H,33,34). The van der Waals surface area contributed by atoms with Gasteiger partial charge in [-0.25, -0.2) is 4.79 Å². The Kier molecular flexibility index (Phi) is 12.1. The van der Waals surface area contributed by atoms with Crippen molar-refractivity contribution < 1.29 is 24.3 Å². The second-order valence-corrected chi connectivity index (χ2v) is 9.94. The number of benzene rings is 1. The summed E-state index contributed by atoms with van der Waals surface area (Å²) in [6, 6.07) is 5.89. The van der Waals surface area contributed by atoms with Crippen LogP contribution in [0.4, 0.5) is 0 Å². The highest BCUT2D eigenvalue weighted by Gasteiger charge is 2.33. The molecule has 194 valence electrons. The summed E-state index contributed by atoms with van der Waals surface area (Å²) < 4.78 is 0. The molecule has 5 atom stereocenters. The van der Waals surface area contributed by atoms with E-state index in [-0.39, 0.29) is 24.3 Å². The van der Waals surface area contributed by atoms with Crippen LogP contribution in [0.3, 0.4) is 0 Å². The first-order valence-corrected chi connectivity index (χ1v) is 13.6. The minimum Gasteiger partial charge on any atom is -0.480 e. The molecule has 2 rings (SSSR count). The molecule has 1 saturated heterocycles. The van der Waals surface area contributed by atoms with Crippen LogP contribution in [0.2, 0.25) is 0 Å². The van der Waals surface area contributed by atoms with Gasteiger partial charge in [0.05, 0.1) is 6.04 Å². The van der Waals surface area contributed by atoms with Crippen LogP contribution in [0, 0.1) is 5.92 Å². The number of carboxylic acid groups (broad SMARTS) is 1. The second-order valence-electron chi connectivity index (χ2n) is 8.95. The third-order valence-corrected chi connectivity index (χ3v) is 6.95. The van der Waals surface area contributed by atoms with E-state index in [0.717, 1.165) is 24.9 Å². The molecule has 1 aliphatic rings. The Morgan fingerprint density at radius 1 is 1.09 bits per heavy atom. The van der Waals surface area contributed by atoms with Crippen molar-refractivity contribution in [3.05, 3.63) is 35.9 Å². The highest BCUT2D eigenvalue weighted by molar-refractivity contribution is 7.98. The topological polar surface area (TPSA) is 137 Å². The molecule has 0 spiro atoms. The van der Waals surface area contributed by atoms with Crippen molar-refractivity contribution in [2.75, 3.05) is 18.6 Å². The van der Waals surface area contributed by atoms with Crippen molar-refractivity contribution >= 4 is 35.5 Å². The van der Waals surface area contributed by atoms with Crippen molar-refractivity contribution in [1.29, 1.82) is 0 Å². The summed E-state index contributed by atoms with van der Waals surface area (Å²) >= 11 is 1.52. The van der Waals surface area contributed by atoms with Crippen LogP contribution >= 0.6 is 11.8 Å². The van der Waals surface area contributed by atoms with Gasteiger partial charge < -0.3 is 26.4 Å². The largest absolute Gasteiger partial charge is 0.480 e. The van der Waals surface area contributed by atoms with E-state index >= 15 is 0 Å². The molecule has 0 bridgehead atoms. The molecule has 1 heterocycles. The summed E-state index contributed by atoms with van der Waals surface area (Å²) in [4.78, 5) is 50.8. The summed E-state index contributed by atoms with van der Waals surface area (Å²) in [5, 5.41) is 21.0. The highest BCUT2D eigenvalue weighted by Crippen LogP contribution is 2.12. The lowest BCUT2D eigenvalue weighted by Gasteiger charge is -2.28. The number of carboxylic acids is 1. The normalized spacial score (nSPS) is 18.7. The Bertz CT molecular complexity index is 848. The SMILES string of the molecule is CCC(C)C(NC(=O)C1CCCN1)C(=O)NC(CCSC)C(=O)NC(Cc1ccccc1)C(=O)O. The van der Waals surface area contributed by atoms with Gasteiger partial charge in [-0.1, -0.05) is 50.6 Å². The summed E-state index contributed by atoms with van der Waals surface area (Å²) in [5.41, 5.74) is 0.782. The molecule has 0 aliphatic carbocycles. The van der Waals surface area contributed by atoms with Gasteiger partial charge in [0.25, 0.3) is 0 Å². The van der Waals surface area contributed by atoms with Gasteiger partial charge in [0.2, 0.25) is 17.7 Å². The van der Waals surface area contributed by atoms with Gasteiger partial charge in [-0.3, -0.25) is 14.4 Å². The lowest BCUT2D eigenvalue weighted by molar-refractivity contribution is -0.142. The first-order valence-electron chi connectivity index (χ1n) is 12.2. The third-order valence-electron chi connectivity index (χ3n) is 6.31. The zero-order chi connectivity index (χ0) is 25.8. The molecule has 5 N–H and O–H groups in total. The van der Waals surface area contributed by atoms with E-state index in [0.29, 0.717) is 18.6 Å². The van der Waals surface area contributed by atoms with Crippen molar-refractivity contribution in [2.24, 2.45) is 5.92 Å². The summed E-state index contributed by atoms with van der Waals surface area (Å²) in [5.74, 6) is -1.91. The van der Waals surface area contributed by atoms with Gasteiger partial charge >= 0.3 is 5.97 Å². The van der Waals surface area contributed by atoms with E-state index in [9.17, 15) is 24.3 Å². The van der Waals surface area contributed by atoms with E-state index in [1.807, 2.05) is 38.3 Å². The van der Waals surface area contributed by atoms with E-state index in [1.54, 1.807) is 12.1 Å². The molecule has 10 heteroatoms. The van der Waals surface area contributed by atoms with E-state index in [2.05, 4.69) is 21.3 Å². The third kappa shape index (κ3) is 9.18. The number of carbonyl (C=O) groups is 4. The van der Waals surface area contributed by atoms with Crippen LogP contribution in [-0.4, -0.2) is 71.5 Å². The number of aliphatic carboxylic acids is 1. The summed E-state index contributed by atoms with van der Waals surface area (Å²) in [6.07, 6.45) is 4.65. The maximum atomic E-state index is 13.2. The summed E-state index contributed by atoms with van der Waals surface area (Å²) in [6.45, 7) is 4.58. The maximum Gasteiger partial charge on any atom is 0.326 e. The molecule has 0 saturated carbocycles. The van der Waals surface area contributed by atoms with Crippen LogP contribution in [0.5, 0.6) is 0 Å². The van der Waals surface area contributed by atoms with Crippen LogP contribution in [-0.2, 0) is 25.6 Å². The van der Waals surface area contributed by atoms with Gasteiger partial charge in [0.15, 0.2) is 0 Å². The first-order chi connectivity index (χ1) is 16.8. The number of carbonyl (C=O) groups excluding carboxylic acids is 3. The first kappa shape index (κ1) is 28.6. The molecule has 1 fully saturated rings. The number of amides is 3. The minimum absolute atomic E-state index is 0.130. The van der Waals surface area contributed by atoms with Crippen LogP contribution < -0.4 is 21.3 Å². The molecule has 1 aromatic rings.